The van der Waals surface area contributed by atoms with Crippen LogP contribution in [0, 0.1) is 13.8 Å². The number of hydrogen-bond acceptors (Lipinski definition) is 5. The highest BCUT2D eigenvalue weighted by Crippen LogP contribution is 2.20. The number of carbonyl (C=O) groups excluding carboxylic acids is 2. The van der Waals surface area contributed by atoms with E-state index in [2.05, 4.69) is 5.10 Å². The molecule has 1 aromatic heterocycles. The van der Waals surface area contributed by atoms with E-state index in [4.69, 9.17) is 9.47 Å². The van der Waals surface area contributed by atoms with Gasteiger partial charge in [0.2, 0.25) is 5.78 Å². The van der Waals surface area contributed by atoms with Crippen molar-refractivity contribution < 1.29 is 19.1 Å². The van der Waals surface area contributed by atoms with Crippen LogP contribution in [0.1, 0.15) is 27.3 Å². The van der Waals surface area contributed by atoms with E-state index in [9.17, 15) is 9.59 Å². The van der Waals surface area contributed by atoms with Crippen molar-refractivity contribution in [1.82, 2.24) is 9.78 Å². The predicted octanol–water partition coefficient (Wildman–Crippen LogP) is 3.94. The number of esters is 1. The molecular weight excluding hydrogens is 368 g/mol. The Hall–Kier alpha value is -3.67. The molecule has 0 amide bonds. The number of ketones is 1. The van der Waals surface area contributed by atoms with Crippen LogP contribution in [0.2, 0.25) is 0 Å². The first-order chi connectivity index (χ1) is 14.0. The molecule has 0 fully saturated rings. The molecule has 148 valence electrons. The first-order valence-corrected chi connectivity index (χ1v) is 9.14. The number of ether oxygens (including phenoxy) is 2. The topological polar surface area (TPSA) is 70.4 Å². The van der Waals surface area contributed by atoms with Gasteiger partial charge in [0.15, 0.2) is 6.61 Å². The Balaban J connectivity index is 1.67. The molecule has 6 heteroatoms. The van der Waals surface area contributed by atoms with Crippen molar-refractivity contribution in [3.8, 4) is 11.4 Å². The largest absolute Gasteiger partial charge is 0.496 e. The van der Waals surface area contributed by atoms with Gasteiger partial charge in [-0.25, -0.2) is 9.48 Å². The molecule has 0 saturated carbocycles. The summed E-state index contributed by atoms with van der Waals surface area (Å²) >= 11 is 0. The van der Waals surface area contributed by atoms with Crippen molar-refractivity contribution in [2.24, 2.45) is 0 Å². The van der Waals surface area contributed by atoms with Gasteiger partial charge in [-0.1, -0.05) is 30.3 Å². The van der Waals surface area contributed by atoms with Crippen molar-refractivity contribution in [2.75, 3.05) is 13.7 Å². The summed E-state index contributed by atoms with van der Waals surface area (Å²) < 4.78 is 12.1. The van der Waals surface area contributed by atoms with Gasteiger partial charge in [-0.15, -0.1) is 0 Å². The Morgan fingerprint density at radius 2 is 1.72 bits per heavy atom. The van der Waals surface area contributed by atoms with Gasteiger partial charge in [-0.3, -0.25) is 4.79 Å². The molecule has 3 rings (SSSR count). The zero-order valence-corrected chi connectivity index (χ0v) is 16.6. The molecular formula is C23H22N2O4. The fraction of sp³-hybridized carbons (Fsp3) is 0.174. The molecule has 0 atom stereocenters. The second kappa shape index (κ2) is 9.01. The van der Waals surface area contributed by atoms with Crippen molar-refractivity contribution >= 4 is 17.8 Å². The summed E-state index contributed by atoms with van der Waals surface area (Å²) in [5.41, 5.74) is 3.85. The molecule has 3 aromatic rings. The standard InChI is InChI=1S/C23H22N2O4/c1-16-19(17(2)25(24-16)18-9-5-4-6-10-18)13-14-23(27)29-15-21(26)20-11-7-8-12-22(20)28-3/h4-14H,15H2,1-3H3/b14-13+. The smallest absolute Gasteiger partial charge is 0.331 e. The van der Waals surface area contributed by atoms with E-state index in [1.807, 2.05) is 48.9 Å². The summed E-state index contributed by atoms with van der Waals surface area (Å²) in [6.45, 7) is 3.46. The van der Waals surface area contributed by atoms with Gasteiger partial charge in [0, 0.05) is 17.3 Å². The van der Waals surface area contributed by atoms with Crippen LogP contribution in [0.25, 0.3) is 11.8 Å². The zero-order chi connectivity index (χ0) is 20.8. The minimum absolute atomic E-state index is 0.326. The molecule has 6 nitrogen and oxygen atoms in total. The first-order valence-electron chi connectivity index (χ1n) is 9.14. The molecule has 2 aromatic carbocycles. The summed E-state index contributed by atoms with van der Waals surface area (Å²) in [6, 6.07) is 16.6. The van der Waals surface area contributed by atoms with Gasteiger partial charge in [-0.05, 0) is 44.2 Å². The fourth-order valence-electron chi connectivity index (χ4n) is 3.01. The van der Waals surface area contributed by atoms with E-state index in [1.165, 1.54) is 13.2 Å². The summed E-state index contributed by atoms with van der Waals surface area (Å²) in [6.07, 6.45) is 2.97. The molecule has 0 aliphatic rings. The number of Topliss-reactive ketones (excluding diaryl/α,β-unsaturated/α-hetero) is 1. The number of methoxy groups -OCH3 is 1. The highest BCUT2D eigenvalue weighted by atomic mass is 16.5. The minimum atomic E-state index is -0.598. The van der Waals surface area contributed by atoms with E-state index in [0.717, 1.165) is 22.6 Å². The highest BCUT2D eigenvalue weighted by molar-refractivity contribution is 6.01. The third kappa shape index (κ3) is 4.60. The van der Waals surface area contributed by atoms with E-state index in [0.29, 0.717) is 11.3 Å². The van der Waals surface area contributed by atoms with Crippen LogP contribution in [0.15, 0.2) is 60.7 Å². The Kier molecular flexibility index (Phi) is 6.24. The minimum Gasteiger partial charge on any atom is -0.496 e. The third-order valence-corrected chi connectivity index (χ3v) is 4.49. The number of hydrogen-bond donors (Lipinski definition) is 0. The second-order valence-corrected chi connectivity index (χ2v) is 6.40. The molecule has 0 spiro atoms. The van der Waals surface area contributed by atoms with Crippen LogP contribution in [-0.2, 0) is 9.53 Å². The van der Waals surface area contributed by atoms with Gasteiger partial charge in [0.25, 0.3) is 0 Å². The second-order valence-electron chi connectivity index (χ2n) is 6.40. The lowest BCUT2D eigenvalue weighted by Crippen LogP contribution is -2.13. The lowest BCUT2D eigenvalue weighted by molar-refractivity contribution is -0.136. The molecule has 0 bridgehead atoms. The lowest BCUT2D eigenvalue weighted by atomic mass is 10.1. The zero-order valence-electron chi connectivity index (χ0n) is 16.6. The maximum absolute atomic E-state index is 12.3. The SMILES string of the molecule is COc1ccccc1C(=O)COC(=O)/C=C/c1c(C)nn(-c2ccccc2)c1C. The summed E-state index contributed by atoms with van der Waals surface area (Å²) in [5.74, 6) is -0.475. The molecule has 0 N–H and O–H groups in total. The molecule has 1 heterocycles. The van der Waals surface area contributed by atoms with Crippen LogP contribution in [0.4, 0.5) is 0 Å². The Labute approximate surface area is 169 Å². The number of aryl methyl sites for hydroxylation is 1. The van der Waals surface area contributed by atoms with Crippen molar-refractivity contribution in [2.45, 2.75) is 13.8 Å². The van der Waals surface area contributed by atoms with E-state index in [-0.39, 0.29) is 12.4 Å². The normalized spacial score (nSPS) is 10.9. The molecule has 0 saturated heterocycles. The number of para-hydroxylation sites is 2. The van der Waals surface area contributed by atoms with Crippen LogP contribution >= 0.6 is 0 Å². The van der Waals surface area contributed by atoms with Gasteiger partial charge in [0.1, 0.15) is 5.75 Å². The summed E-state index contributed by atoms with van der Waals surface area (Å²) in [5, 5.41) is 4.54. The molecule has 0 aliphatic heterocycles. The van der Waals surface area contributed by atoms with Crippen LogP contribution in [0.3, 0.4) is 0 Å². The quantitative estimate of drug-likeness (QED) is 0.347. The number of benzene rings is 2. The average Bonchev–Trinajstić information content (AvgIpc) is 3.04. The van der Waals surface area contributed by atoms with Gasteiger partial charge in [0.05, 0.1) is 24.1 Å². The number of nitrogens with zero attached hydrogens (tertiary/aromatic N) is 2. The van der Waals surface area contributed by atoms with Gasteiger partial charge < -0.3 is 9.47 Å². The van der Waals surface area contributed by atoms with Crippen molar-refractivity contribution in [1.29, 1.82) is 0 Å². The van der Waals surface area contributed by atoms with E-state index < -0.39 is 5.97 Å². The Bertz CT molecular complexity index is 1050. The van der Waals surface area contributed by atoms with E-state index in [1.54, 1.807) is 30.3 Å². The summed E-state index contributed by atoms with van der Waals surface area (Å²) in [4.78, 5) is 24.4. The lowest BCUT2D eigenvalue weighted by Gasteiger charge is -2.07. The van der Waals surface area contributed by atoms with Crippen molar-refractivity contribution in [3.05, 3.63) is 83.2 Å². The van der Waals surface area contributed by atoms with Crippen LogP contribution < -0.4 is 4.74 Å². The molecule has 0 unspecified atom stereocenters. The van der Waals surface area contributed by atoms with Gasteiger partial charge >= 0.3 is 5.97 Å². The first kappa shape index (κ1) is 20.1. The van der Waals surface area contributed by atoms with Gasteiger partial charge in [-0.2, -0.15) is 5.10 Å². The third-order valence-electron chi connectivity index (χ3n) is 4.49. The average molecular weight is 390 g/mol. The Morgan fingerprint density at radius 3 is 2.45 bits per heavy atom. The summed E-state index contributed by atoms with van der Waals surface area (Å²) in [7, 11) is 1.49. The maximum Gasteiger partial charge on any atom is 0.331 e. The number of carbonyl (C=O) groups is 2. The molecule has 29 heavy (non-hydrogen) atoms. The highest BCUT2D eigenvalue weighted by Gasteiger charge is 2.14. The fourth-order valence-corrected chi connectivity index (χ4v) is 3.01. The number of rotatable bonds is 7. The monoisotopic (exact) mass is 390 g/mol. The molecule has 0 aliphatic carbocycles. The maximum atomic E-state index is 12.3. The molecule has 0 radical (unpaired) electrons. The van der Waals surface area contributed by atoms with Crippen molar-refractivity contribution in [3.63, 3.8) is 0 Å². The Morgan fingerprint density at radius 1 is 1.03 bits per heavy atom. The predicted molar refractivity (Wildman–Crippen MR) is 110 cm³/mol. The number of aromatic nitrogens is 2. The van der Waals surface area contributed by atoms with Crippen LogP contribution in [-0.4, -0.2) is 35.2 Å². The van der Waals surface area contributed by atoms with Crippen LogP contribution in [0.5, 0.6) is 5.75 Å². The van der Waals surface area contributed by atoms with E-state index >= 15 is 0 Å².